The van der Waals surface area contributed by atoms with Crippen LogP contribution in [0, 0.1) is 13.8 Å². The first kappa shape index (κ1) is 21.9. The molecule has 2 aromatic heterocycles. The molecular formula is C24H23N3O6. The fourth-order valence-corrected chi connectivity index (χ4v) is 3.27. The molecule has 9 heteroatoms. The Kier molecular flexibility index (Phi) is 6.03. The van der Waals surface area contributed by atoms with E-state index in [1.54, 1.807) is 43.3 Å². The molecule has 4 aromatic rings. The molecule has 2 aromatic carbocycles. The highest BCUT2D eigenvalue weighted by molar-refractivity contribution is 6.04. The first-order chi connectivity index (χ1) is 15.9. The van der Waals surface area contributed by atoms with Crippen molar-refractivity contribution < 1.29 is 23.5 Å². The number of nitrogens with zero attached hydrogens (tertiary/aromatic N) is 2. The van der Waals surface area contributed by atoms with E-state index < -0.39 is 0 Å². The van der Waals surface area contributed by atoms with Crippen LogP contribution >= 0.6 is 0 Å². The van der Waals surface area contributed by atoms with Gasteiger partial charge < -0.3 is 24.1 Å². The van der Waals surface area contributed by atoms with E-state index in [0.29, 0.717) is 45.6 Å². The second-order valence-corrected chi connectivity index (χ2v) is 7.41. The average Bonchev–Trinajstić information content (AvgIpc) is 3.19. The number of aryl methyl sites for hydroxylation is 2. The van der Waals surface area contributed by atoms with Crippen molar-refractivity contribution >= 4 is 17.2 Å². The van der Waals surface area contributed by atoms with Crippen molar-refractivity contribution in [3.8, 4) is 17.2 Å². The Morgan fingerprint density at radius 1 is 1.03 bits per heavy atom. The molecule has 0 spiro atoms. The third-order valence-electron chi connectivity index (χ3n) is 4.96. The number of carbonyl (C=O) groups excluding carboxylic acids is 1. The number of benzene rings is 2. The Morgan fingerprint density at radius 2 is 1.76 bits per heavy atom. The van der Waals surface area contributed by atoms with E-state index in [0.717, 1.165) is 10.1 Å². The highest BCUT2D eigenvalue weighted by Gasteiger charge is 2.12. The number of aromatic nitrogens is 2. The number of carbonyl (C=O) groups is 1. The average molecular weight is 449 g/mol. The number of methoxy groups -OCH3 is 2. The van der Waals surface area contributed by atoms with Gasteiger partial charge in [0, 0.05) is 35.5 Å². The number of ether oxygens (including phenoxy) is 3. The minimum atomic E-state index is -0.322. The summed E-state index contributed by atoms with van der Waals surface area (Å²) in [7, 11) is 3.05. The second kappa shape index (κ2) is 9.07. The van der Waals surface area contributed by atoms with Gasteiger partial charge in [-0.25, -0.2) is 4.98 Å². The lowest BCUT2D eigenvalue weighted by Gasteiger charge is -2.12. The van der Waals surface area contributed by atoms with Crippen molar-refractivity contribution in [3.63, 3.8) is 0 Å². The summed E-state index contributed by atoms with van der Waals surface area (Å²) in [6.45, 7) is 3.72. The third-order valence-corrected chi connectivity index (χ3v) is 4.96. The van der Waals surface area contributed by atoms with Crippen LogP contribution in [0.15, 0.2) is 57.8 Å². The van der Waals surface area contributed by atoms with Crippen molar-refractivity contribution in [2.75, 3.05) is 19.5 Å². The van der Waals surface area contributed by atoms with E-state index in [1.807, 2.05) is 13.0 Å². The summed E-state index contributed by atoms with van der Waals surface area (Å²) in [5, 5.41) is 2.85. The molecule has 0 aliphatic rings. The number of anilines is 1. The van der Waals surface area contributed by atoms with E-state index >= 15 is 0 Å². The summed E-state index contributed by atoms with van der Waals surface area (Å²) in [6.07, 6.45) is 0. The zero-order chi connectivity index (χ0) is 23.5. The monoisotopic (exact) mass is 449 g/mol. The summed E-state index contributed by atoms with van der Waals surface area (Å²) in [4.78, 5) is 29.4. The van der Waals surface area contributed by atoms with Gasteiger partial charge in [0.25, 0.3) is 11.5 Å². The fourth-order valence-electron chi connectivity index (χ4n) is 3.27. The molecule has 9 nitrogen and oxygen atoms in total. The number of nitrogens with one attached hydrogen (secondary N) is 1. The van der Waals surface area contributed by atoms with Gasteiger partial charge in [0.2, 0.25) is 0 Å². The van der Waals surface area contributed by atoms with Crippen LogP contribution in [0.4, 0.5) is 5.69 Å². The first-order valence-electron chi connectivity index (χ1n) is 10.1. The molecule has 0 radical (unpaired) electrons. The van der Waals surface area contributed by atoms with Gasteiger partial charge in [0.15, 0.2) is 5.65 Å². The first-order valence-corrected chi connectivity index (χ1v) is 10.1. The Balaban J connectivity index is 1.51. The van der Waals surface area contributed by atoms with E-state index in [4.69, 9.17) is 18.7 Å². The minimum Gasteiger partial charge on any atom is -0.497 e. The zero-order valence-electron chi connectivity index (χ0n) is 18.7. The smallest absolute Gasteiger partial charge is 0.287 e. The lowest BCUT2D eigenvalue weighted by molar-refractivity contribution is 0.102. The van der Waals surface area contributed by atoms with Crippen molar-refractivity contribution in [2.45, 2.75) is 20.5 Å². The predicted octanol–water partition coefficient (Wildman–Crippen LogP) is 3.75. The Labute approximate surface area is 189 Å². The molecule has 1 N–H and O–H groups in total. The molecule has 1 amide bonds. The van der Waals surface area contributed by atoms with Crippen LogP contribution in [0.1, 0.15) is 27.4 Å². The van der Waals surface area contributed by atoms with Gasteiger partial charge in [-0.3, -0.25) is 9.59 Å². The molecule has 4 rings (SSSR count). The van der Waals surface area contributed by atoms with E-state index in [2.05, 4.69) is 10.3 Å². The molecule has 0 fully saturated rings. The molecule has 2 heterocycles. The second-order valence-electron chi connectivity index (χ2n) is 7.41. The Morgan fingerprint density at radius 3 is 2.45 bits per heavy atom. The summed E-state index contributed by atoms with van der Waals surface area (Å²) < 4.78 is 22.8. The van der Waals surface area contributed by atoms with E-state index in [-0.39, 0.29) is 18.1 Å². The van der Waals surface area contributed by atoms with Crippen molar-refractivity contribution in [2.24, 2.45) is 0 Å². The summed E-state index contributed by atoms with van der Waals surface area (Å²) in [5.41, 5.74) is 2.38. The fraction of sp³-hybridized carbons (Fsp3) is 0.208. The Hall–Kier alpha value is -4.27. The standard InChI is InChI=1S/C24H23N3O6/c1-14-5-6-17(26-24(29)16-8-19(30-3)12-20(9-16)31-4)10-21(14)32-13-18-11-23(28)27-22(25-18)7-15(2)33-27/h5-12H,13H2,1-4H3,(H,26,29). The third kappa shape index (κ3) is 4.82. The molecule has 170 valence electrons. The van der Waals surface area contributed by atoms with Crippen LogP contribution in [0.3, 0.4) is 0 Å². The molecule has 0 saturated carbocycles. The topological polar surface area (TPSA) is 104 Å². The highest BCUT2D eigenvalue weighted by Crippen LogP contribution is 2.26. The van der Waals surface area contributed by atoms with Crippen molar-refractivity contribution in [1.29, 1.82) is 0 Å². The van der Waals surface area contributed by atoms with Gasteiger partial charge in [-0.2, -0.15) is 0 Å². The lowest BCUT2D eigenvalue weighted by atomic mass is 10.1. The minimum absolute atomic E-state index is 0.0846. The zero-order valence-corrected chi connectivity index (χ0v) is 18.7. The lowest BCUT2D eigenvalue weighted by Crippen LogP contribution is -2.14. The Bertz CT molecular complexity index is 1370. The predicted molar refractivity (Wildman–Crippen MR) is 121 cm³/mol. The van der Waals surface area contributed by atoms with Gasteiger partial charge in [0.05, 0.1) is 19.9 Å². The van der Waals surface area contributed by atoms with Crippen LogP contribution in [0.25, 0.3) is 5.65 Å². The maximum absolute atomic E-state index is 12.8. The molecule has 0 aliphatic carbocycles. The molecule has 0 saturated heterocycles. The number of amides is 1. The maximum atomic E-state index is 12.8. The van der Waals surface area contributed by atoms with Gasteiger partial charge in [0.1, 0.15) is 29.6 Å². The van der Waals surface area contributed by atoms with Gasteiger partial charge in [-0.05, 0) is 37.6 Å². The van der Waals surface area contributed by atoms with E-state index in [9.17, 15) is 9.59 Å². The molecule has 0 atom stereocenters. The van der Waals surface area contributed by atoms with Crippen LogP contribution in [0.5, 0.6) is 17.2 Å². The largest absolute Gasteiger partial charge is 0.497 e. The number of fused-ring (bicyclic) bond motifs is 1. The number of hydrogen-bond acceptors (Lipinski definition) is 7. The van der Waals surface area contributed by atoms with E-state index in [1.165, 1.54) is 20.3 Å². The number of rotatable bonds is 7. The quantitative estimate of drug-likeness (QED) is 0.458. The normalized spacial score (nSPS) is 10.8. The van der Waals surface area contributed by atoms with Gasteiger partial charge in [-0.15, -0.1) is 4.57 Å². The van der Waals surface area contributed by atoms with Crippen molar-refractivity contribution in [1.82, 2.24) is 9.56 Å². The molecule has 0 bridgehead atoms. The maximum Gasteiger partial charge on any atom is 0.287 e. The van der Waals surface area contributed by atoms with Crippen LogP contribution in [0.2, 0.25) is 0 Å². The van der Waals surface area contributed by atoms with Crippen LogP contribution in [-0.2, 0) is 6.61 Å². The highest BCUT2D eigenvalue weighted by atomic mass is 16.5. The SMILES string of the molecule is COc1cc(OC)cc(C(=O)Nc2ccc(C)c(OCc3cc(=O)n4oc(C)cc4n3)c2)c1. The van der Waals surface area contributed by atoms with Crippen molar-refractivity contribution in [3.05, 3.63) is 81.5 Å². The summed E-state index contributed by atoms with van der Waals surface area (Å²) >= 11 is 0. The van der Waals surface area contributed by atoms with Crippen LogP contribution in [-0.4, -0.2) is 29.7 Å². The molecule has 33 heavy (non-hydrogen) atoms. The van der Waals surface area contributed by atoms with Gasteiger partial charge in [-0.1, -0.05) is 6.07 Å². The van der Waals surface area contributed by atoms with Gasteiger partial charge >= 0.3 is 0 Å². The summed E-state index contributed by atoms with van der Waals surface area (Å²) in [6, 6.07) is 13.3. The molecular weight excluding hydrogens is 426 g/mol. The molecule has 0 aliphatic heterocycles. The number of hydrogen-bond donors (Lipinski definition) is 1. The molecule has 0 unspecified atom stereocenters. The van der Waals surface area contributed by atoms with Crippen LogP contribution < -0.4 is 25.1 Å². The summed E-state index contributed by atoms with van der Waals surface area (Å²) in [5.74, 6) is 1.85.